The second kappa shape index (κ2) is 6.76. The van der Waals surface area contributed by atoms with Gasteiger partial charge in [0.1, 0.15) is 5.82 Å². The third-order valence-electron chi connectivity index (χ3n) is 3.37. The molecule has 0 atom stereocenters. The van der Waals surface area contributed by atoms with Gasteiger partial charge in [0.05, 0.1) is 11.3 Å². The van der Waals surface area contributed by atoms with E-state index in [4.69, 9.17) is 0 Å². The van der Waals surface area contributed by atoms with Gasteiger partial charge in [0.2, 0.25) is 5.95 Å². The average molecular weight is 345 g/mol. The first-order valence-corrected chi connectivity index (χ1v) is 7.37. The summed E-state index contributed by atoms with van der Waals surface area (Å²) >= 11 is 0. The van der Waals surface area contributed by atoms with Crippen LogP contribution < -0.4 is 10.6 Å². The SMILES string of the molecule is CNc1nc(Nc2cccc(C(F)(F)F)c2)cc(-c2cccnc2)n1. The van der Waals surface area contributed by atoms with Crippen LogP contribution in [0.15, 0.2) is 54.9 Å². The first kappa shape index (κ1) is 16.7. The Morgan fingerprint density at radius 2 is 1.84 bits per heavy atom. The molecule has 0 bridgehead atoms. The number of hydrogen-bond donors (Lipinski definition) is 2. The fourth-order valence-corrected chi connectivity index (χ4v) is 2.21. The fraction of sp³-hybridized carbons (Fsp3) is 0.118. The third-order valence-corrected chi connectivity index (χ3v) is 3.37. The standard InChI is InChI=1S/C17H14F3N5/c1-21-16-24-14(11-4-3-7-22-10-11)9-15(25-16)23-13-6-2-5-12(8-13)17(18,19)20/h2-10H,1H3,(H2,21,23,24,25). The lowest BCUT2D eigenvalue weighted by atomic mass is 10.2. The molecular weight excluding hydrogens is 331 g/mol. The van der Waals surface area contributed by atoms with E-state index >= 15 is 0 Å². The van der Waals surface area contributed by atoms with E-state index in [9.17, 15) is 13.2 Å². The normalized spacial score (nSPS) is 11.2. The monoisotopic (exact) mass is 345 g/mol. The minimum absolute atomic E-state index is 0.285. The Kier molecular flexibility index (Phi) is 4.51. The first-order chi connectivity index (χ1) is 12.0. The maximum Gasteiger partial charge on any atom is 0.416 e. The molecule has 0 saturated heterocycles. The molecule has 2 heterocycles. The summed E-state index contributed by atoms with van der Waals surface area (Å²) in [5, 5.41) is 5.73. The predicted octanol–water partition coefficient (Wildman–Crippen LogP) is 4.34. The van der Waals surface area contributed by atoms with Crippen LogP contribution in [0, 0.1) is 0 Å². The molecule has 1 aromatic carbocycles. The van der Waals surface area contributed by atoms with Crippen molar-refractivity contribution in [2.45, 2.75) is 6.18 Å². The van der Waals surface area contributed by atoms with E-state index in [2.05, 4.69) is 25.6 Å². The van der Waals surface area contributed by atoms with Gasteiger partial charge in [0.25, 0.3) is 0 Å². The highest BCUT2D eigenvalue weighted by Gasteiger charge is 2.30. The molecule has 0 saturated carbocycles. The Bertz CT molecular complexity index is 866. The van der Waals surface area contributed by atoms with Crippen molar-refractivity contribution in [3.8, 4) is 11.3 Å². The zero-order valence-corrected chi connectivity index (χ0v) is 13.2. The number of anilines is 3. The summed E-state index contributed by atoms with van der Waals surface area (Å²) in [7, 11) is 1.66. The predicted molar refractivity (Wildman–Crippen MR) is 89.5 cm³/mol. The number of aromatic nitrogens is 3. The van der Waals surface area contributed by atoms with Gasteiger partial charge in [-0.2, -0.15) is 18.2 Å². The molecule has 0 fully saturated rings. The molecule has 8 heteroatoms. The number of hydrogen-bond acceptors (Lipinski definition) is 5. The van der Waals surface area contributed by atoms with Crippen LogP contribution in [0.2, 0.25) is 0 Å². The van der Waals surface area contributed by atoms with Crippen molar-refractivity contribution in [2.24, 2.45) is 0 Å². The first-order valence-electron chi connectivity index (χ1n) is 7.37. The summed E-state index contributed by atoms with van der Waals surface area (Å²) in [6.45, 7) is 0. The maximum absolute atomic E-state index is 12.8. The number of rotatable bonds is 4. The van der Waals surface area contributed by atoms with E-state index in [-0.39, 0.29) is 5.69 Å². The van der Waals surface area contributed by atoms with Gasteiger partial charge in [-0.25, -0.2) is 4.98 Å². The fourth-order valence-electron chi connectivity index (χ4n) is 2.21. The van der Waals surface area contributed by atoms with Crippen LogP contribution in [0.25, 0.3) is 11.3 Å². The molecule has 3 rings (SSSR count). The van der Waals surface area contributed by atoms with Crippen LogP contribution in [0.5, 0.6) is 0 Å². The lowest BCUT2D eigenvalue weighted by Crippen LogP contribution is -2.06. The summed E-state index contributed by atoms with van der Waals surface area (Å²) in [5.74, 6) is 0.716. The Balaban J connectivity index is 1.95. The second-order valence-electron chi connectivity index (χ2n) is 5.16. The average Bonchev–Trinajstić information content (AvgIpc) is 2.61. The second-order valence-corrected chi connectivity index (χ2v) is 5.16. The van der Waals surface area contributed by atoms with Crippen molar-refractivity contribution in [3.05, 3.63) is 60.4 Å². The van der Waals surface area contributed by atoms with Crippen LogP contribution in [-0.4, -0.2) is 22.0 Å². The summed E-state index contributed by atoms with van der Waals surface area (Å²) in [4.78, 5) is 12.6. The Hall–Kier alpha value is -3.16. The van der Waals surface area contributed by atoms with Crippen LogP contribution in [0.3, 0.4) is 0 Å². The summed E-state index contributed by atoms with van der Waals surface area (Å²) in [6.07, 6.45) is -1.11. The van der Waals surface area contributed by atoms with Gasteiger partial charge in [-0.15, -0.1) is 0 Å². The van der Waals surface area contributed by atoms with Gasteiger partial charge in [-0.1, -0.05) is 6.07 Å². The summed E-state index contributed by atoms with van der Waals surface area (Å²) in [6, 6.07) is 10.2. The van der Waals surface area contributed by atoms with Gasteiger partial charge >= 0.3 is 6.18 Å². The molecule has 0 spiro atoms. The molecule has 0 aliphatic rings. The number of nitrogens with zero attached hydrogens (tertiary/aromatic N) is 3. The van der Waals surface area contributed by atoms with Crippen LogP contribution in [-0.2, 0) is 6.18 Å². The van der Waals surface area contributed by atoms with Gasteiger partial charge in [0, 0.05) is 36.8 Å². The quantitative estimate of drug-likeness (QED) is 0.736. The topological polar surface area (TPSA) is 62.7 Å². The summed E-state index contributed by atoms with van der Waals surface area (Å²) in [5.41, 5.74) is 0.927. The zero-order chi connectivity index (χ0) is 17.9. The Morgan fingerprint density at radius 3 is 2.52 bits per heavy atom. The molecular formula is C17H14F3N5. The van der Waals surface area contributed by atoms with Crippen molar-refractivity contribution < 1.29 is 13.2 Å². The summed E-state index contributed by atoms with van der Waals surface area (Å²) < 4.78 is 38.5. The van der Waals surface area contributed by atoms with Gasteiger partial charge in [-0.05, 0) is 30.3 Å². The lowest BCUT2D eigenvalue weighted by Gasteiger charge is -2.12. The molecule has 0 unspecified atom stereocenters. The minimum atomic E-state index is -4.40. The minimum Gasteiger partial charge on any atom is -0.357 e. The largest absolute Gasteiger partial charge is 0.416 e. The van der Waals surface area contributed by atoms with Crippen molar-refractivity contribution in [1.29, 1.82) is 0 Å². The number of halogens is 3. The molecule has 0 aliphatic carbocycles. The van der Waals surface area contributed by atoms with E-state index in [1.165, 1.54) is 6.07 Å². The zero-order valence-electron chi connectivity index (χ0n) is 13.2. The third kappa shape index (κ3) is 4.03. The van der Waals surface area contributed by atoms with Crippen LogP contribution in [0.4, 0.5) is 30.6 Å². The Labute approximate surface area is 142 Å². The van der Waals surface area contributed by atoms with E-state index in [1.54, 1.807) is 37.6 Å². The number of benzene rings is 1. The molecule has 0 amide bonds. The van der Waals surface area contributed by atoms with Gasteiger partial charge in [0.15, 0.2) is 0 Å². The molecule has 25 heavy (non-hydrogen) atoms. The highest BCUT2D eigenvalue weighted by Crippen LogP contribution is 2.31. The van der Waals surface area contributed by atoms with E-state index in [0.717, 1.165) is 17.7 Å². The van der Waals surface area contributed by atoms with E-state index in [1.807, 2.05) is 6.07 Å². The number of pyridine rings is 1. The van der Waals surface area contributed by atoms with Crippen LogP contribution in [0.1, 0.15) is 5.56 Å². The van der Waals surface area contributed by atoms with E-state index in [0.29, 0.717) is 17.5 Å². The van der Waals surface area contributed by atoms with Crippen molar-refractivity contribution >= 4 is 17.5 Å². The highest BCUT2D eigenvalue weighted by molar-refractivity contribution is 5.67. The number of alkyl halides is 3. The van der Waals surface area contributed by atoms with Crippen molar-refractivity contribution in [2.75, 3.05) is 17.7 Å². The van der Waals surface area contributed by atoms with Crippen LogP contribution >= 0.6 is 0 Å². The molecule has 3 aromatic rings. The van der Waals surface area contributed by atoms with Gasteiger partial charge < -0.3 is 10.6 Å². The molecule has 128 valence electrons. The molecule has 2 N–H and O–H groups in total. The van der Waals surface area contributed by atoms with Gasteiger partial charge in [-0.3, -0.25) is 4.98 Å². The van der Waals surface area contributed by atoms with E-state index < -0.39 is 11.7 Å². The number of nitrogens with one attached hydrogen (secondary N) is 2. The van der Waals surface area contributed by atoms with Crippen molar-refractivity contribution in [1.82, 2.24) is 15.0 Å². The Morgan fingerprint density at radius 1 is 1.00 bits per heavy atom. The lowest BCUT2D eigenvalue weighted by molar-refractivity contribution is -0.137. The molecule has 2 aromatic heterocycles. The molecule has 0 aliphatic heterocycles. The maximum atomic E-state index is 12.8. The smallest absolute Gasteiger partial charge is 0.357 e. The van der Waals surface area contributed by atoms with Crippen molar-refractivity contribution in [3.63, 3.8) is 0 Å². The molecule has 5 nitrogen and oxygen atoms in total. The molecule has 0 radical (unpaired) electrons. The highest BCUT2D eigenvalue weighted by atomic mass is 19.4.